The van der Waals surface area contributed by atoms with Gasteiger partial charge in [-0.05, 0) is 50.1 Å². The van der Waals surface area contributed by atoms with Gasteiger partial charge in [0.25, 0.3) is 5.91 Å². The first-order valence-corrected chi connectivity index (χ1v) is 10.4. The van der Waals surface area contributed by atoms with E-state index in [1.54, 1.807) is 12.1 Å². The molecule has 6 nitrogen and oxygen atoms in total. The van der Waals surface area contributed by atoms with Crippen LogP contribution in [0.1, 0.15) is 27.0 Å². The highest BCUT2D eigenvalue weighted by atomic mass is 16.1. The molecule has 2 aromatic carbocycles. The Balaban J connectivity index is 1.87. The Morgan fingerprint density at radius 3 is 2.48 bits per heavy atom. The number of nitrogens with two attached hydrogens (primary N) is 1. The van der Waals surface area contributed by atoms with Crippen LogP contribution in [0.25, 0.3) is 16.9 Å². The number of hydrogen-bond acceptors (Lipinski definition) is 4. The molecule has 0 atom stereocenters. The van der Waals surface area contributed by atoms with Crippen molar-refractivity contribution in [1.29, 1.82) is 0 Å². The van der Waals surface area contributed by atoms with Gasteiger partial charge in [0, 0.05) is 36.1 Å². The average molecular weight is 414 g/mol. The van der Waals surface area contributed by atoms with E-state index < -0.39 is 0 Å². The summed E-state index contributed by atoms with van der Waals surface area (Å²) in [6.07, 6.45) is 1.88. The van der Waals surface area contributed by atoms with E-state index in [9.17, 15) is 4.79 Å². The number of amides is 1. The highest BCUT2D eigenvalue weighted by Crippen LogP contribution is 2.33. The van der Waals surface area contributed by atoms with E-state index in [1.807, 2.05) is 16.7 Å². The number of fused-ring (bicyclic) bond motifs is 1. The predicted molar refractivity (Wildman–Crippen MR) is 126 cm³/mol. The molecular formula is C25H27N5O. The van der Waals surface area contributed by atoms with Crippen LogP contribution in [0.5, 0.6) is 0 Å². The summed E-state index contributed by atoms with van der Waals surface area (Å²) in [5, 5.41) is 6.43. The van der Waals surface area contributed by atoms with Gasteiger partial charge in [-0.15, -0.1) is 0 Å². The fourth-order valence-electron chi connectivity index (χ4n) is 3.72. The topological polar surface area (TPSA) is 84.5 Å². The monoisotopic (exact) mass is 413 g/mol. The van der Waals surface area contributed by atoms with Crippen LogP contribution in [0, 0.1) is 20.8 Å². The zero-order valence-electron chi connectivity index (χ0n) is 18.1. The normalized spacial score (nSPS) is 11.0. The lowest BCUT2D eigenvalue weighted by atomic mass is 10.1. The molecule has 1 amide bonds. The van der Waals surface area contributed by atoms with Crippen molar-refractivity contribution in [3.8, 4) is 11.3 Å². The van der Waals surface area contributed by atoms with Crippen molar-refractivity contribution in [2.45, 2.75) is 20.8 Å². The molecule has 0 aliphatic carbocycles. The summed E-state index contributed by atoms with van der Waals surface area (Å²) >= 11 is 0. The number of hydrogen-bond donors (Lipinski definition) is 3. The van der Waals surface area contributed by atoms with Crippen molar-refractivity contribution in [3.05, 3.63) is 83.0 Å². The average Bonchev–Trinajstić information content (AvgIpc) is 3.12. The quantitative estimate of drug-likeness (QED) is 0.439. The lowest BCUT2D eigenvalue weighted by molar-refractivity contribution is 0.0954. The van der Waals surface area contributed by atoms with Gasteiger partial charge >= 0.3 is 0 Å². The number of rotatable bonds is 6. The maximum Gasteiger partial charge on any atom is 0.251 e. The maximum atomic E-state index is 12.4. The standard InChI is InChI=1S/C25H27N5O/c1-16-6-4-9-19(14-16)23-24(29-22-17(2)7-5-8-18(22)3)30-13-10-20(15-21(30)28-23)25(31)27-12-11-26/h4-10,13-15,29H,11-12,26H2,1-3H3,(H,27,31). The summed E-state index contributed by atoms with van der Waals surface area (Å²) in [5.74, 6) is 0.712. The molecule has 0 saturated heterocycles. The molecule has 0 fully saturated rings. The molecule has 0 spiro atoms. The number of imidazole rings is 1. The number of nitrogens with zero attached hydrogens (tertiary/aromatic N) is 2. The number of carbonyl (C=O) groups excluding carboxylic acids is 1. The molecule has 0 aliphatic heterocycles. The number of para-hydroxylation sites is 1. The van der Waals surface area contributed by atoms with Gasteiger partial charge in [0.05, 0.1) is 0 Å². The van der Waals surface area contributed by atoms with E-state index in [0.717, 1.165) is 39.5 Å². The largest absolute Gasteiger partial charge is 0.351 e. The maximum absolute atomic E-state index is 12.4. The summed E-state index contributed by atoms with van der Waals surface area (Å²) in [6.45, 7) is 7.08. The Kier molecular flexibility index (Phi) is 5.73. The number of anilines is 2. The molecule has 0 bridgehead atoms. The van der Waals surface area contributed by atoms with Crippen LogP contribution in [0.15, 0.2) is 60.8 Å². The molecular weight excluding hydrogens is 386 g/mol. The van der Waals surface area contributed by atoms with Crippen LogP contribution in [-0.2, 0) is 0 Å². The molecule has 0 radical (unpaired) electrons. The Morgan fingerprint density at radius 2 is 1.77 bits per heavy atom. The Hall–Kier alpha value is -3.64. The van der Waals surface area contributed by atoms with Crippen molar-refractivity contribution < 1.29 is 4.79 Å². The van der Waals surface area contributed by atoms with Gasteiger partial charge in [-0.25, -0.2) is 4.98 Å². The Morgan fingerprint density at radius 1 is 1.03 bits per heavy atom. The second kappa shape index (κ2) is 8.62. The first kappa shape index (κ1) is 20.6. The van der Waals surface area contributed by atoms with Crippen molar-refractivity contribution in [2.75, 3.05) is 18.4 Å². The molecule has 4 rings (SSSR count). The zero-order chi connectivity index (χ0) is 22.0. The molecule has 6 heteroatoms. The molecule has 31 heavy (non-hydrogen) atoms. The fourth-order valence-corrected chi connectivity index (χ4v) is 3.72. The third-order valence-electron chi connectivity index (χ3n) is 5.33. The first-order chi connectivity index (χ1) is 15.0. The number of benzene rings is 2. The van der Waals surface area contributed by atoms with E-state index in [1.165, 1.54) is 0 Å². The van der Waals surface area contributed by atoms with Crippen LogP contribution >= 0.6 is 0 Å². The third-order valence-corrected chi connectivity index (χ3v) is 5.33. The number of nitrogens with one attached hydrogen (secondary N) is 2. The van der Waals surface area contributed by atoms with Gasteiger partial charge in [0.1, 0.15) is 17.2 Å². The second-order valence-corrected chi connectivity index (χ2v) is 7.76. The van der Waals surface area contributed by atoms with Crippen LogP contribution in [0.2, 0.25) is 0 Å². The van der Waals surface area contributed by atoms with Crippen LogP contribution in [0.3, 0.4) is 0 Å². The molecule has 158 valence electrons. The lowest BCUT2D eigenvalue weighted by Gasteiger charge is -2.14. The number of aromatic nitrogens is 2. The molecule has 0 saturated carbocycles. The fraction of sp³-hybridized carbons (Fsp3) is 0.200. The first-order valence-electron chi connectivity index (χ1n) is 10.4. The van der Waals surface area contributed by atoms with E-state index in [-0.39, 0.29) is 5.91 Å². The molecule has 0 aliphatic rings. The minimum absolute atomic E-state index is 0.155. The molecule has 2 aromatic heterocycles. The smallest absolute Gasteiger partial charge is 0.251 e. The minimum atomic E-state index is -0.155. The highest BCUT2D eigenvalue weighted by Gasteiger charge is 2.17. The second-order valence-electron chi connectivity index (χ2n) is 7.76. The SMILES string of the molecule is Cc1cccc(-c2nc3cc(C(=O)NCCN)ccn3c2Nc2c(C)cccc2C)c1. The number of aryl methyl sites for hydroxylation is 3. The van der Waals surface area contributed by atoms with E-state index in [0.29, 0.717) is 24.3 Å². The predicted octanol–water partition coefficient (Wildman–Crippen LogP) is 4.36. The molecule has 0 unspecified atom stereocenters. The van der Waals surface area contributed by atoms with Gasteiger partial charge < -0.3 is 16.4 Å². The highest BCUT2D eigenvalue weighted by molar-refractivity contribution is 5.95. The van der Waals surface area contributed by atoms with Crippen molar-refractivity contribution >= 4 is 23.1 Å². The van der Waals surface area contributed by atoms with Crippen molar-refractivity contribution in [1.82, 2.24) is 14.7 Å². The van der Waals surface area contributed by atoms with Crippen LogP contribution < -0.4 is 16.4 Å². The van der Waals surface area contributed by atoms with E-state index in [2.05, 4.69) is 67.8 Å². The van der Waals surface area contributed by atoms with Crippen LogP contribution in [0.4, 0.5) is 11.5 Å². The van der Waals surface area contributed by atoms with Crippen molar-refractivity contribution in [3.63, 3.8) is 0 Å². The van der Waals surface area contributed by atoms with Crippen molar-refractivity contribution in [2.24, 2.45) is 5.73 Å². The van der Waals surface area contributed by atoms with Gasteiger partial charge in [-0.1, -0.05) is 42.0 Å². The molecule has 4 N–H and O–H groups in total. The summed E-state index contributed by atoms with van der Waals surface area (Å²) in [7, 11) is 0. The Bertz CT molecular complexity index is 1240. The zero-order valence-corrected chi connectivity index (χ0v) is 18.1. The summed E-state index contributed by atoms with van der Waals surface area (Å²) in [4.78, 5) is 17.3. The molecule has 2 heterocycles. The van der Waals surface area contributed by atoms with E-state index in [4.69, 9.17) is 10.7 Å². The summed E-state index contributed by atoms with van der Waals surface area (Å²) in [5.41, 5.74) is 13.1. The third kappa shape index (κ3) is 4.15. The summed E-state index contributed by atoms with van der Waals surface area (Å²) in [6, 6.07) is 18.1. The lowest BCUT2D eigenvalue weighted by Crippen LogP contribution is -2.29. The van der Waals surface area contributed by atoms with Crippen LogP contribution in [-0.4, -0.2) is 28.4 Å². The molecule has 4 aromatic rings. The summed E-state index contributed by atoms with van der Waals surface area (Å²) < 4.78 is 1.99. The number of carbonyl (C=O) groups is 1. The number of pyridine rings is 1. The van der Waals surface area contributed by atoms with Gasteiger partial charge in [0.2, 0.25) is 0 Å². The van der Waals surface area contributed by atoms with Gasteiger partial charge in [0.15, 0.2) is 0 Å². The Labute approximate surface area is 182 Å². The van der Waals surface area contributed by atoms with Gasteiger partial charge in [-0.3, -0.25) is 9.20 Å². The van der Waals surface area contributed by atoms with Gasteiger partial charge in [-0.2, -0.15) is 0 Å². The minimum Gasteiger partial charge on any atom is -0.351 e. The van der Waals surface area contributed by atoms with E-state index >= 15 is 0 Å².